The van der Waals surface area contributed by atoms with Gasteiger partial charge in [0.1, 0.15) is 0 Å². The number of benzene rings is 2. The third-order valence-corrected chi connectivity index (χ3v) is 4.46. The van der Waals surface area contributed by atoms with Gasteiger partial charge in [-0.15, -0.1) is 0 Å². The maximum Gasteiger partial charge on any atom is 0.231 e. The summed E-state index contributed by atoms with van der Waals surface area (Å²) in [4.78, 5) is 12.6. The smallest absolute Gasteiger partial charge is 0.231 e. The van der Waals surface area contributed by atoms with Crippen LogP contribution in [0.15, 0.2) is 42.5 Å². The largest absolute Gasteiger partial charge is 0.326 e. The zero-order valence-corrected chi connectivity index (χ0v) is 12.6. The van der Waals surface area contributed by atoms with Crippen molar-refractivity contribution in [3.8, 4) is 0 Å². The van der Waals surface area contributed by atoms with Crippen molar-refractivity contribution >= 4 is 11.6 Å². The second-order valence-corrected chi connectivity index (χ2v) is 5.93. The maximum atomic E-state index is 12.6. The summed E-state index contributed by atoms with van der Waals surface area (Å²) in [5.74, 6) is 0.0990. The van der Waals surface area contributed by atoms with E-state index >= 15 is 0 Å². The van der Waals surface area contributed by atoms with E-state index in [9.17, 15) is 4.79 Å². The summed E-state index contributed by atoms with van der Waals surface area (Å²) in [5.41, 5.74) is 5.87. The van der Waals surface area contributed by atoms with Crippen molar-refractivity contribution in [2.75, 3.05) is 5.32 Å². The number of nitrogens with one attached hydrogen (secondary N) is 1. The summed E-state index contributed by atoms with van der Waals surface area (Å²) < 4.78 is 0. The number of hydrogen-bond donors (Lipinski definition) is 1. The summed E-state index contributed by atoms with van der Waals surface area (Å²) in [6.45, 7) is 4.15. The molecule has 1 aliphatic rings. The molecule has 2 aromatic rings. The zero-order chi connectivity index (χ0) is 14.8. The van der Waals surface area contributed by atoms with Crippen LogP contribution < -0.4 is 5.32 Å². The molecule has 108 valence electrons. The lowest BCUT2D eigenvalue weighted by Crippen LogP contribution is -2.24. The first kappa shape index (κ1) is 13.9. The van der Waals surface area contributed by atoms with Gasteiger partial charge in [-0.1, -0.05) is 30.3 Å². The van der Waals surface area contributed by atoms with Gasteiger partial charge in [-0.25, -0.2) is 0 Å². The van der Waals surface area contributed by atoms with Crippen molar-refractivity contribution < 1.29 is 4.79 Å². The Morgan fingerprint density at radius 2 is 1.90 bits per heavy atom. The molecule has 1 aliphatic carbocycles. The Bertz CT molecular complexity index is 675. The number of anilines is 1. The Kier molecular flexibility index (Phi) is 3.78. The summed E-state index contributed by atoms with van der Waals surface area (Å²) in [5, 5.41) is 3.08. The average Bonchev–Trinajstić information content (AvgIpc) is 2.50. The number of hydrogen-bond acceptors (Lipinski definition) is 1. The minimum Gasteiger partial charge on any atom is -0.326 e. The van der Waals surface area contributed by atoms with Crippen molar-refractivity contribution in [3.63, 3.8) is 0 Å². The quantitative estimate of drug-likeness (QED) is 0.869. The van der Waals surface area contributed by atoms with Crippen LogP contribution >= 0.6 is 0 Å². The van der Waals surface area contributed by atoms with E-state index in [2.05, 4.69) is 43.4 Å². The topological polar surface area (TPSA) is 29.1 Å². The Hall–Kier alpha value is -2.09. The van der Waals surface area contributed by atoms with Gasteiger partial charge < -0.3 is 5.32 Å². The Morgan fingerprint density at radius 3 is 2.71 bits per heavy atom. The van der Waals surface area contributed by atoms with Gasteiger partial charge in [0.15, 0.2) is 0 Å². The van der Waals surface area contributed by atoms with Crippen molar-refractivity contribution in [2.45, 2.75) is 39.0 Å². The van der Waals surface area contributed by atoms with Gasteiger partial charge >= 0.3 is 0 Å². The van der Waals surface area contributed by atoms with E-state index in [-0.39, 0.29) is 11.8 Å². The molecule has 2 nitrogen and oxygen atoms in total. The van der Waals surface area contributed by atoms with Gasteiger partial charge in [-0.05, 0) is 67.5 Å². The molecular formula is C19H21NO. The van der Waals surface area contributed by atoms with Crippen molar-refractivity contribution in [2.24, 2.45) is 0 Å². The molecule has 0 saturated carbocycles. The molecule has 3 rings (SSSR count). The fraction of sp³-hybridized carbons (Fsp3) is 0.316. The Morgan fingerprint density at radius 1 is 1.10 bits per heavy atom. The van der Waals surface area contributed by atoms with E-state index in [1.165, 1.54) is 22.3 Å². The molecule has 1 N–H and O–H groups in total. The molecule has 2 heteroatoms. The van der Waals surface area contributed by atoms with Crippen LogP contribution in [0.5, 0.6) is 0 Å². The lowest BCUT2D eigenvalue weighted by Gasteiger charge is -2.24. The molecule has 0 bridgehead atoms. The van der Waals surface area contributed by atoms with Crippen LogP contribution in [0.4, 0.5) is 5.69 Å². The number of aryl methyl sites for hydroxylation is 3. The highest BCUT2D eigenvalue weighted by atomic mass is 16.1. The van der Waals surface area contributed by atoms with Crippen LogP contribution in [-0.2, 0) is 11.2 Å². The standard InChI is InChI=1S/C19H21NO/c1-13-10-11-16(12-14(13)2)20-19(21)18-9-5-7-15-6-3-4-8-17(15)18/h3-4,6,8,10-12,18H,5,7,9H2,1-2H3,(H,20,21)/t18-/m1/s1. The number of amides is 1. The summed E-state index contributed by atoms with van der Waals surface area (Å²) in [6, 6.07) is 14.4. The SMILES string of the molecule is Cc1ccc(NC(=O)[C@@H]2CCCc3ccccc32)cc1C. The van der Waals surface area contributed by atoms with Gasteiger partial charge in [0.05, 0.1) is 5.92 Å². The molecule has 0 aromatic heterocycles. The Labute approximate surface area is 126 Å². The van der Waals surface area contributed by atoms with E-state index in [0.29, 0.717) is 0 Å². The first-order valence-electron chi connectivity index (χ1n) is 7.61. The first-order chi connectivity index (χ1) is 10.1. The molecule has 0 saturated heterocycles. The fourth-order valence-electron chi connectivity index (χ4n) is 3.07. The van der Waals surface area contributed by atoms with Crippen molar-refractivity contribution in [1.82, 2.24) is 0 Å². The van der Waals surface area contributed by atoms with E-state index in [1.807, 2.05) is 18.2 Å². The summed E-state index contributed by atoms with van der Waals surface area (Å²) >= 11 is 0. The first-order valence-corrected chi connectivity index (χ1v) is 7.61. The van der Waals surface area contributed by atoms with Crippen LogP contribution in [0.1, 0.15) is 41.0 Å². The fourth-order valence-corrected chi connectivity index (χ4v) is 3.07. The van der Waals surface area contributed by atoms with E-state index in [0.717, 1.165) is 24.9 Å². The Balaban J connectivity index is 1.81. The highest BCUT2D eigenvalue weighted by Gasteiger charge is 2.26. The third kappa shape index (κ3) is 2.85. The third-order valence-electron chi connectivity index (χ3n) is 4.46. The molecule has 0 spiro atoms. The normalized spacial score (nSPS) is 17.1. The monoisotopic (exact) mass is 279 g/mol. The van der Waals surface area contributed by atoms with Crippen LogP contribution in [0.25, 0.3) is 0 Å². The number of carbonyl (C=O) groups is 1. The molecule has 0 fully saturated rings. The van der Waals surface area contributed by atoms with Crippen LogP contribution in [0.2, 0.25) is 0 Å². The highest BCUT2D eigenvalue weighted by molar-refractivity contribution is 5.96. The lowest BCUT2D eigenvalue weighted by atomic mass is 9.82. The van der Waals surface area contributed by atoms with Crippen LogP contribution in [0.3, 0.4) is 0 Å². The number of carbonyl (C=O) groups excluding carboxylic acids is 1. The predicted octanol–water partition coefficient (Wildman–Crippen LogP) is 4.36. The van der Waals surface area contributed by atoms with E-state index < -0.39 is 0 Å². The maximum absolute atomic E-state index is 12.6. The van der Waals surface area contributed by atoms with Crippen molar-refractivity contribution in [1.29, 1.82) is 0 Å². The van der Waals surface area contributed by atoms with Gasteiger partial charge in [0, 0.05) is 5.69 Å². The minimum absolute atomic E-state index is 0.0171. The molecule has 2 aromatic carbocycles. The molecule has 1 atom stereocenters. The molecule has 0 unspecified atom stereocenters. The lowest BCUT2D eigenvalue weighted by molar-refractivity contribution is -0.117. The summed E-state index contributed by atoms with van der Waals surface area (Å²) in [7, 11) is 0. The van der Waals surface area contributed by atoms with Crippen molar-refractivity contribution in [3.05, 3.63) is 64.7 Å². The van der Waals surface area contributed by atoms with Gasteiger partial charge in [-0.2, -0.15) is 0 Å². The number of fused-ring (bicyclic) bond motifs is 1. The van der Waals surface area contributed by atoms with E-state index in [4.69, 9.17) is 0 Å². The zero-order valence-electron chi connectivity index (χ0n) is 12.6. The molecule has 0 radical (unpaired) electrons. The second-order valence-electron chi connectivity index (χ2n) is 5.93. The summed E-state index contributed by atoms with van der Waals surface area (Å²) in [6.07, 6.45) is 3.11. The number of rotatable bonds is 2. The molecular weight excluding hydrogens is 258 g/mol. The van der Waals surface area contributed by atoms with Gasteiger partial charge in [0.25, 0.3) is 0 Å². The molecule has 1 amide bonds. The van der Waals surface area contributed by atoms with Gasteiger partial charge in [-0.3, -0.25) is 4.79 Å². The average molecular weight is 279 g/mol. The second kappa shape index (κ2) is 5.72. The van der Waals surface area contributed by atoms with E-state index in [1.54, 1.807) is 0 Å². The molecule has 0 heterocycles. The van der Waals surface area contributed by atoms with Crippen LogP contribution in [0, 0.1) is 13.8 Å². The molecule has 0 aliphatic heterocycles. The molecule has 21 heavy (non-hydrogen) atoms. The predicted molar refractivity (Wildman–Crippen MR) is 86.7 cm³/mol. The minimum atomic E-state index is -0.0171. The van der Waals surface area contributed by atoms with Gasteiger partial charge in [0.2, 0.25) is 5.91 Å². The highest BCUT2D eigenvalue weighted by Crippen LogP contribution is 2.32. The van der Waals surface area contributed by atoms with Crippen LogP contribution in [-0.4, -0.2) is 5.91 Å².